The van der Waals surface area contributed by atoms with Crippen molar-refractivity contribution in [2.45, 2.75) is 32.8 Å². The molecule has 0 amide bonds. The third-order valence-corrected chi connectivity index (χ3v) is 2.90. The molecule has 88 valence electrons. The number of aliphatic hydroxyl groups is 1. The molecule has 16 heavy (non-hydrogen) atoms. The van der Waals surface area contributed by atoms with Crippen molar-refractivity contribution in [2.75, 3.05) is 0 Å². The molecule has 0 aromatic heterocycles. The van der Waals surface area contributed by atoms with Crippen molar-refractivity contribution < 1.29 is 14.3 Å². The number of rotatable bonds is 5. The first-order valence-corrected chi connectivity index (χ1v) is 5.58. The van der Waals surface area contributed by atoms with Gasteiger partial charge in [-0.3, -0.25) is 4.79 Å². The Balaban J connectivity index is 2.90. The van der Waals surface area contributed by atoms with Gasteiger partial charge in [0.25, 0.3) is 0 Å². The van der Waals surface area contributed by atoms with Gasteiger partial charge in [-0.2, -0.15) is 0 Å². The Bertz CT molecular complexity index is 359. The summed E-state index contributed by atoms with van der Waals surface area (Å²) in [5.74, 6) is -1.20. The fourth-order valence-electron chi connectivity index (χ4n) is 1.77. The lowest BCUT2D eigenvalue weighted by Gasteiger charge is -2.18. The number of ketones is 1. The van der Waals surface area contributed by atoms with Gasteiger partial charge in [-0.05, 0) is 18.1 Å². The number of carbonyl (C=O) groups excluding carboxylic acids is 1. The van der Waals surface area contributed by atoms with E-state index in [2.05, 4.69) is 0 Å². The lowest BCUT2D eigenvalue weighted by atomic mass is 9.91. The van der Waals surface area contributed by atoms with E-state index in [-0.39, 0.29) is 11.5 Å². The van der Waals surface area contributed by atoms with Gasteiger partial charge in [-0.15, -0.1) is 0 Å². The van der Waals surface area contributed by atoms with Crippen molar-refractivity contribution in [3.63, 3.8) is 0 Å². The zero-order valence-corrected chi connectivity index (χ0v) is 9.61. The second kappa shape index (κ2) is 5.75. The number of carbonyl (C=O) groups is 1. The average Bonchev–Trinajstić information content (AvgIpc) is 2.30. The molecule has 2 nitrogen and oxygen atoms in total. The first-order chi connectivity index (χ1) is 7.61. The zero-order chi connectivity index (χ0) is 12.1. The minimum absolute atomic E-state index is 0.0260. The van der Waals surface area contributed by atoms with Crippen LogP contribution in [0.5, 0.6) is 0 Å². The number of hydrogen-bond donors (Lipinski definition) is 1. The van der Waals surface area contributed by atoms with Gasteiger partial charge in [0.2, 0.25) is 0 Å². The first kappa shape index (κ1) is 12.8. The molecule has 3 heteroatoms. The minimum Gasteiger partial charge on any atom is -0.385 e. The molecule has 1 aromatic carbocycles. The summed E-state index contributed by atoms with van der Waals surface area (Å²) in [5.41, 5.74) is -0.0260. The van der Waals surface area contributed by atoms with Gasteiger partial charge >= 0.3 is 0 Å². The van der Waals surface area contributed by atoms with Gasteiger partial charge in [-0.25, -0.2) is 4.39 Å². The van der Waals surface area contributed by atoms with Crippen LogP contribution in [-0.4, -0.2) is 17.0 Å². The maximum Gasteiger partial charge on any atom is 0.194 e. The van der Waals surface area contributed by atoms with Crippen molar-refractivity contribution in [3.8, 4) is 0 Å². The van der Waals surface area contributed by atoms with Crippen molar-refractivity contribution in [1.29, 1.82) is 0 Å². The van der Waals surface area contributed by atoms with E-state index < -0.39 is 17.7 Å². The topological polar surface area (TPSA) is 37.3 Å². The molecule has 0 aliphatic rings. The first-order valence-electron chi connectivity index (χ1n) is 5.58. The Morgan fingerprint density at radius 3 is 2.38 bits per heavy atom. The van der Waals surface area contributed by atoms with E-state index >= 15 is 0 Å². The molecule has 0 radical (unpaired) electrons. The maximum absolute atomic E-state index is 13.3. The standard InChI is InChI=1S/C13H17FO2/c1-3-9(4-2)12(15)13(16)10-7-5-6-8-11(10)14/h5-9,12,15H,3-4H2,1-2H3. The van der Waals surface area contributed by atoms with E-state index in [1.807, 2.05) is 13.8 Å². The molecule has 1 atom stereocenters. The third-order valence-electron chi connectivity index (χ3n) is 2.90. The lowest BCUT2D eigenvalue weighted by molar-refractivity contribution is 0.0584. The summed E-state index contributed by atoms with van der Waals surface area (Å²) in [6, 6.07) is 5.75. The van der Waals surface area contributed by atoms with E-state index in [0.717, 1.165) is 0 Å². The lowest BCUT2D eigenvalue weighted by Crippen LogP contribution is -2.29. The van der Waals surface area contributed by atoms with Gasteiger partial charge in [0, 0.05) is 0 Å². The fourth-order valence-corrected chi connectivity index (χ4v) is 1.77. The van der Waals surface area contributed by atoms with Crippen LogP contribution in [0, 0.1) is 11.7 Å². The highest BCUT2D eigenvalue weighted by Crippen LogP contribution is 2.18. The number of aliphatic hydroxyl groups excluding tert-OH is 1. The van der Waals surface area contributed by atoms with E-state index in [1.54, 1.807) is 6.07 Å². The van der Waals surface area contributed by atoms with Crippen molar-refractivity contribution in [3.05, 3.63) is 35.6 Å². The summed E-state index contributed by atoms with van der Waals surface area (Å²) in [7, 11) is 0. The summed E-state index contributed by atoms with van der Waals surface area (Å²) in [6.45, 7) is 3.82. The number of benzene rings is 1. The fraction of sp³-hybridized carbons (Fsp3) is 0.462. The van der Waals surface area contributed by atoms with Crippen LogP contribution in [0.25, 0.3) is 0 Å². The Morgan fingerprint density at radius 2 is 1.88 bits per heavy atom. The SMILES string of the molecule is CCC(CC)C(O)C(=O)c1ccccc1F. The van der Waals surface area contributed by atoms with Crippen LogP contribution in [-0.2, 0) is 0 Å². The van der Waals surface area contributed by atoms with Crippen molar-refractivity contribution in [1.82, 2.24) is 0 Å². The Labute approximate surface area is 95.1 Å². The van der Waals surface area contributed by atoms with Gasteiger partial charge in [0.15, 0.2) is 5.78 Å². The predicted octanol–water partition coefficient (Wildman–Crippen LogP) is 2.81. The maximum atomic E-state index is 13.3. The van der Waals surface area contributed by atoms with Crippen LogP contribution in [0.3, 0.4) is 0 Å². The Kier molecular flexibility index (Phi) is 4.62. The number of hydrogen-bond acceptors (Lipinski definition) is 2. The molecule has 1 unspecified atom stereocenters. The summed E-state index contributed by atoms with van der Waals surface area (Å²) in [5, 5.41) is 9.84. The molecule has 0 saturated carbocycles. The molecule has 0 saturated heterocycles. The van der Waals surface area contributed by atoms with E-state index in [4.69, 9.17) is 0 Å². The van der Waals surface area contributed by atoms with Crippen molar-refractivity contribution >= 4 is 5.78 Å². The van der Waals surface area contributed by atoms with Crippen LogP contribution in [0.2, 0.25) is 0 Å². The molecule has 0 spiro atoms. The number of Topliss-reactive ketones (excluding diaryl/α,β-unsaturated/α-hetero) is 1. The molecule has 0 bridgehead atoms. The molecule has 1 rings (SSSR count). The van der Waals surface area contributed by atoms with Crippen LogP contribution in [0.4, 0.5) is 4.39 Å². The summed E-state index contributed by atoms with van der Waals surface area (Å²) >= 11 is 0. The smallest absolute Gasteiger partial charge is 0.194 e. The quantitative estimate of drug-likeness (QED) is 0.781. The Hall–Kier alpha value is -1.22. The molecular formula is C13H17FO2. The van der Waals surface area contributed by atoms with E-state index in [9.17, 15) is 14.3 Å². The van der Waals surface area contributed by atoms with E-state index in [1.165, 1.54) is 18.2 Å². The third kappa shape index (κ3) is 2.67. The van der Waals surface area contributed by atoms with Crippen LogP contribution in [0.1, 0.15) is 37.0 Å². The summed E-state index contributed by atoms with van der Waals surface area (Å²) in [6.07, 6.45) is 0.308. The van der Waals surface area contributed by atoms with E-state index in [0.29, 0.717) is 12.8 Å². The second-order valence-corrected chi connectivity index (χ2v) is 3.87. The van der Waals surface area contributed by atoms with Crippen LogP contribution < -0.4 is 0 Å². The van der Waals surface area contributed by atoms with Crippen LogP contribution >= 0.6 is 0 Å². The van der Waals surface area contributed by atoms with Crippen LogP contribution in [0.15, 0.2) is 24.3 Å². The highest BCUT2D eigenvalue weighted by molar-refractivity contribution is 5.99. The molecule has 0 aliphatic heterocycles. The van der Waals surface area contributed by atoms with Crippen molar-refractivity contribution in [2.24, 2.45) is 5.92 Å². The minimum atomic E-state index is -1.10. The van der Waals surface area contributed by atoms with Gasteiger partial charge < -0.3 is 5.11 Å². The van der Waals surface area contributed by atoms with Gasteiger partial charge in [0.1, 0.15) is 11.9 Å². The van der Waals surface area contributed by atoms with Gasteiger partial charge in [0.05, 0.1) is 5.56 Å². The zero-order valence-electron chi connectivity index (χ0n) is 9.61. The highest BCUT2D eigenvalue weighted by atomic mass is 19.1. The molecule has 1 aromatic rings. The monoisotopic (exact) mass is 224 g/mol. The normalized spacial score (nSPS) is 12.8. The highest BCUT2D eigenvalue weighted by Gasteiger charge is 2.26. The molecule has 0 aliphatic carbocycles. The molecular weight excluding hydrogens is 207 g/mol. The predicted molar refractivity (Wildman–Crippen MR) is 60.8 cm³/mol. The summed E-state index contributed by atoms with van der Waals surface area (Å²) in [4.78, 5) is 11.8. The molecule has 0 heterocycles. The largest absolute Gasteiger partial charge is 0.385 e. The number of halogens is 1. The van der Waals surface area contributed by atoms with Gasteiger partial charge in [-0.1, -0.05) is 38.8 Å². The second-order valence-electron chi connectivity index (χ2n) is 3.87. The summed E-state index contributed by atoms with van der Waals surface area (Å²) < 4.78 is 13.3. The molecule has 1 N–H and O–H groups in total. The molecule has 0 fully saturated rings. The average molecular weight is 224 g/mol. The Morgan fingerprint density at radius 1 is 1.31 bits per heavy atom.